The molecule has 1 aliphatic heterocycles. The van der Waals surface area contributed by atoms with Crippen molar-refractivity contribution in [2.75, 3.05) is 13.1 Å². The Morgan fingerprint density at radius 1 is 0.955 bits per heavy atom. The minimum atomic E-state index is -4.95. The number of pyridine rings is 1. The van der Waals surface area contributed by atoms with Gasteiger partial charge in [-0.1, -0.05) is 31.0 Å². The number of nitrogens with zero attached hydrogens (tertiary/aromatic N) is 3. The summed E-state index contributed by atoms with van der Waals surface area (Å²) in [5.74, 6) is 1.04. The number of aromatic nitrogens is 1. The minimum absolute atomic E-state index is 0.0853. The highest BCUT2D eigenvalue weighted by molar-refractivity contribution is 5.82. The third-order valence-corrected chi connectivity index (χ3v) is 8.16. The van der Waals surface area contributed by atoms with E-state index in [2.05, 4.69) is 20.0 Å². The van der Waals surface area contributed by atoms with Crippen molar-refractivity contribution in [2.24, 2.45) is 11.3 Å². The first-order valence-corrected chi connectivity index (χ1v) is 14.2. The van der Waals surface area contributed by atoms with Crippen LogP contribution in [0.1, 0.15) is 54.4 Å². The zero-order valence-corrected chi connectivity index (χ0v) is 23.6. The molecular formula is C32H30F6N4O2. The van der Waals surface area contributed by atoms with Gasteiger partial charge in [-0.15, -0.1) is 0 Å². The highest BCUT2D eigenvalue weighted by Gasteiger charge is 2.45. The van der Waals surface area contributed by atoms with Crippen LogP contribution in [-0.4, -0.2) is 28.9 Å². The standard InChI is InChI=1S/C32H30F6N4O2/c1-39-26-5-7-27(8-6-26)44-28-9-4-22(18-40-28)20-42-12-10-30(11-13-42,17-21-2-3-21)29(43)41-19-23-14-24(31(33,34)35)16-25(15-23)32(36,37)38/h4-9,14-16,18,21H,2-3,10-13,17,19-20H2,(H,41,43). The molecule has 0 radical (unpaired) electrons. The van der Waals surface area contributed by atoms with E-state index >= 15 is 0 Å². The molecule has 6 nitrogen and oxygen atoms in total. The SMILES string of the molecule is [C-]#[N+]c1ccc(Oc2ccc(CN3CCC(CC4CC4)(C(=O)NCc4cc(C(F)(F)F)cc(C(F)(F)F)c4)CC3)cn2)cc1. The number of halogens is 6. The maximum atomic E-state index is 13.5. The van der Waals surface area contributed by atoms with Gasteiger partial charge in [0.25, 0.3) is 0 Å². The highest BCUT2D eigenvalue weighted by atomic mass is 19.4. The molecular weight excluding hydrogens is 586 g/mol. The number of hydrogen-bond acceptors (Lipinski definition) is 4. The number of piperidine rings is 1. The van der Waals surface area contributed by atoms with E-state index in [0.717, 1.165) is 18.4 Å². The van der Waals surface area contributed by atoms with Gasteiger partial charge < -0.3 is 10.1 Å². The van der Waals surface area contributed by atoms with E-state index < -0.39 is 35.4 Å². The van der Waals surface area contributed by atoms with Crippen LogP contribution in [0.5, 0.6) is 11.6 Å². The van der Waals surface area contributed by atoms with E-state index in [9.17, 15) is 31.1 Å². The lowest BCUT2D eigenvalue weighted by atomic mass is 9.73. The van der Waals surface area contributed by atoms with Crippen molar-refractivity contribution in [1.82, 2.24) is 15.2 Å². The molecule has 232 valence electrons. The van der Waals surface area contributed by atoms with Crippen molar-refractivity contribution in [2.45, 2.75) is 57.5 Å². The number of amides is 1. The van der Waals surface area contributed by atoms with Crippen LogP contribution in [0, 0.1) is 17.9 Å². The molecule has 5 rings (SSSR count). The summed E-state index contributed by atoms with van der Waals surface area (Å²) in [4.78, 5) is 23.4. The summed E-state index contributed by atoms with van der Waals surface area (Å²) in [5.41, 5.74) is -2.32. The van der Waals surface area contributed by atoms with Crippen LogP contribution < -0.4 is 10.1 Å². The van der Waals surface area contributed by atoms with Gasteiger partial charge >= 0.3 is 12.4 Å². The molecule has 2 heterocycles. The van der Waals surface area contributed by atoms with Crippen LogP contribution in [0.3, 0.4) is 0 Å². The van der Waals surface area contributed by atoms with Crippen LogP contribution in [0.15, 0.2) is 60.8 Å². The Balaban J connectivity index is 1.20. The van der Waals surface area contributed by atoms with Gasteiger partial charge in [0.2, 0.25) is 11.8 Å². The van der Waals surface area contributed by atoms with Crippen LogP contribution in [0.2, 0.25) is 0 Å². The van der Waals surface area contributed by atoms with Crippen LogP contribution in [0.4, 0.5) is 32.0 Å². The molecule has 0 atom stereocenters. The maximum Gasteiger partial charge on any atom is 0.416 e. The zero-order valence-electron chi connectivity index (χ0n) is 23.6. The van der Waals surface area contributed by atoms with Crippen LogP contribution >= 0.6 is 0 Å². The first-order valence-electron chi connectivity index (χ1n) is 14.2. The Hall–Kier alpha value is -4.11. The lowest BCUT2D eigenvalue weighted by Crippen LogP contribution is -2.48. The molecule has 1 aromatic heterocycles. The average Bonchev–Trinajstić information content (AvgIpc) is 3.81. The fourth-order valence-electron chi connectivity index (χ4n) is 5.56. The van der Waals surface area contributed by atoms with Gasteiger partial charge in [0.15, 0.2) is 5.69 Å². The van der Waals surface area contributed by atoms with Crippen molar-refractivity contribution in [3.05, 3.63) is 94.5 Å². The molecule has 1 saturated heterocycles. The predicted molar refractivity (Wildman–Crippen MR) is 150 cm³/mol. The van der Waals surface area contributed by atoms with Crippen molar-refractivity contribution in [3.8, 4) is 11.6 Å². The van der Waals surface area contributed by atoms with E-state index in [-0.39, 0.29) is 17.5 Å². The van der Waals surface area contributed by atoms with Gasteiger partial charge in [0.05, 0.1) is 23.1 Å². The molecule has 3 aromatic rings. The van der Waals surface area contributed by atoms with Crippen molar-refractivity contribution < 1.29 is 35.9 Å². The average molecular weight is 617 g/mol. The summed E-state index contributed by atoms with van der Waals surface area (Å²) < 4.78 is 85.4. The first kappa shape index (κ1) is 31.3. The number of hydrogen-bond donors (Lipinski definition) is 1. The number of carbonyl (C=O) groups excluding carboxylic acids is 1. The van der Waals surface area contributed by atoms with E-state index in [1.54, 1.807) is 36.5 Å². The summed E-state index contributed by atoms with van der Waals surface area (Å²) in [6.07, 6.45) is -4.47. The molecule has 0 unspecified atom stereocenters. The number of likely N-dealkylation sites (tertiary alicyclic amines) is 1. The normalized spacial score (nSPS) is 17.1. The smallest absolute Gasteiger partial charge is 0.416 e. The summed E-state index contributed by atoms with van der Waals surface area (Å²) in [6, 6.07) is 11.8. The molecule has 0 spiro atoms. The largest absolute Gasteiger partial charge is 0.439 e. The second-order valence-corrected chi connectivity index (χ2v) is 11.5. The number of ether oxygens (including phenoxy) is 1. The third kappa shape index (κ3) is 7.88. The summed E-state index contributed by atoms with van der Waals surface area (Å²) in [7, 11) is 0. The highest BCUT2D eigenvalue weighted by Crippen LogP contribution is 2.46. The summed E-state index contributed by atoms with van der Waals surface area (Å²) in [6.45, 7) is 8.40. The van der Waals surface area contributed by atoms with Gasteiger partial charge in [0.1, 0.15) is 5.75 Å². The molecule has 2 fully saturated rings. The van der Waals surface area contributed by atoms with Gasteiger partial charge in [-0.3, -0.25) is 9.69 Å². The molecule has 1 aliphatic carbocycles. The van der Waals surface area contributed by atoms with Crippen molar-refractivity contribution in [1.29, 1.82) is 0 Å². The minimum Gasteiger partial charge on any atom is -0.439 e. The monoisotopic (exact) mass is 616 g/mol. The van der Waals surface area contributed by atoms with Gasteiger partial charge in [0, 0.05) is 25.4 Å². The Labute approximate surface area is 250 Å². The van der Waals surface area contributed by atoms with E-state index in [1.165, 1.54) is 0 Å². The lowest BCUT2D eigenvalue weighted by Gasteiger charge is -2.41. The van der Waals surface area contributed by atoms with Crippen LogP contribution in [0.25, 0.3) is 4.85 Å². The van der Waals surface area contributed by atoms with Crippen molar-refractivity contribution in [3.63, 3.8) is 0 Å². The number of rotatable bonds is 9. The molecule has 1 saturated carbocycles. The predicted octanol–water partition coefficient (Wildman–Crippen LogP) is 8.16. The van der Waals surface area contributed by atoms with Gasteiger partial charge in [-0.2, -0.15) is 26.3 Å². The summed E-state index contributed by atoms with van der Waals surface area (Å²) >= 11 is 0. The second kappa shape index (κ2) is 12.5. The third-order valence-electron chi connectivity index (χ3n) is 8.16. The second-order valence-electron chi connectivity index (χ2n) is 11.5. The van der Waals surface area contributed by atoms with E-state index in [0.29, 0.717) is 74.3 Å². The Kier molecular flexibility index (Phi) is 8.88. The lowest BCUT2D eigenvalue weighted by molar-refractivity contribution is -0.143. The molecule has 2 aromatic carbocycles. The fourth-order valence-corrected chi connectivity index (χ4v) is 5.56. The number of nitrogens with one attached hydrogen (secondary N) is 1. The quantitative estimate of drug-likeness (QED) is 0.195. The Morgan fingerprint density at radius 3 is 2.11 bits per heavy atom. The molecule has 1 amide bonds. The number of alkyl halides is 6. The fraction of sp³-hybridized carbons (Fsp3) is 0.406. The molecule has 44 heavy (non-hydrogen) atoms. The van der Waals surface area contributed by atoms with Gasteiger partial charge in [-0.05, 0) is 79.7 Å². The van der Waals surface area contributed by atoms with Crippen LogP contribution in [-0.2, 0) is 30.2 Å². The molecule has 1 N–H and O–H groups in total. The van der Waals surface area contributed by atoms with E-state index in [4.69, 9.17) is 11.3 Å². The van der Waals surface area contributed by atoms with Crippen molar-refractivity contribution >= 4 is 11.6 Å². The topological polar surface area (TPSA) is 58.8 Å². The van der Waals surface area contributed by atoms with Gasteiger partial charge in [-0.25, -0.2) is 9.83 Å². The molecule has 0 bridgehead atoms. The summed E-state index contributed by atoms with van der Waals surface area (Å²) in [5, 5.41) is 2.67. The maximum absolute atomic E-state index is 13.5. The molecule has 12 heteroatoms. The zero-order chi connectivity index (χ0) is 31.5. The Bertz CT molecular complexity index is 1470. The number of carbonyl (C=O) groups is 1. The van der Waals surface area contributed by atoms with E-state index in [1.807, 2.05) is 6.07 Å². The molecule has 2 aliphatic rings. The first-order chi connectivity index (χ1) is 20.8. The Morgan fingerprint density at radius 2 is 1.59 bits per heavy atom. The number of benzene rings is 2.